The zero-order chi connectivity index (χ0) is 15.4. The van der Waals surface area contributed by atoms with E-state index in [0.29, 0.717) is 30.3 Å². The molecule has 2 aromatic rings. The summed E-state index contributed by atoms with van der Waals surface area (Å²) in [6.45, 7) is 3.11. The lowest BCUT2D eigenvalue weighted by Gasteiger charge is -2.14. The summed E-state index contributed by atoms with van der Waals surface area (Å²) in [6, 6.07) is 5.24. The number of carbonyl (C=O) groups is 1. The van der Waals surface area contributed by atoms with Gasteiger partial charge in [-0.2, -0.15) is 0 Å². The Balaban J connectivity index is 1.78. The summed E-state index contributed by atoms with van der Waals surface area (Å²) < 4.78 is 11.1. The molecule has 6 nitrogen and oxygen atoms in total. The average Bonchev–Trinajstić information content (AvgIpc) is 3.03. The maximum atomic E-state index is 12.5. The third-order valence-corrected chi connectivity index (χ3v) is 3.47. The van der Waals surface area contributed by atoms with Crippen LogP contribution in [-0.2, 0) is 4.74 Å². The summed E-state index contributed by atoms with van der Waals surface area (Å²) in [4.78, 5) is 20.7. The number of hydrogen-bond donors (Lipinski definition) is 1. The number of amides is 1. The zero-order valence-electron chi connectivity index (χ0n) is 12.3. The van der Waals surface area contributed by atoms with Gasteiger partial charge in [0.25, 0.3) is 5.91 Å². The second-order valence-electron chi connectivity index (χ2n) is 5.10. The van der Waals surface area contributed by atoms with Crippen molar-refractivity contribution in [1.29, 1.82) is 0 Å². The maximum Gasteiger partial charge on any atom is 0.261 e. The van der Waals surface area contributed by atoms with Crippen LogP contribution in [0.4, 0.5) is 5.69 Å². The third-order valence-electron chi connectivity index (χ3n) is 3.47. The van der Waals surface area contributed by atoms with E-state index in [-0.39, 0.29) is 12.0 Å². The fourth-order valence-electron chi connectivity index (χ4n) is 2.21. The fraction of sp³-hybridized carbons (Fsp3) is 0.312. The number of ether oxygens (including phenoxy) is 2. The van der Waals surface area contributed by atoms with E-state index < -0.39 is 0 Å². The van der Waals surface area contributed by atoms with E-state index in [0.717, 1.165) is 12.0 Å². The monoisotopic (exact) mass is 299 g/mol. The molecule has 3 heterocycles. The molecule has 0 saturated carbocycles. The molecule has 3 rings (SSSR count). The van der Waals surface area contributed by atoms with Crippen molar-refractivity contribution in [2.75, 3.05) is 18.5 Å². The first kappa shape index (κ1) is 14.5. The van der Waals surface area contributed by atoms with Crippen LogP contribution in [0.15, 0.2) is 36.8 Å². The normalized spacial score (nSPS) is 17.2. The standard InChI is InChI=1S/C16H17N3O3/c1-11-4-7-17-9-14(11)19-15(20)13-3-2-6-18-16(13)22-12-5-8-21-10-12/h2-4,6-7,9,12H,5,8,10H2,1H3,(H,19,20)/t12-/m1/s1. The van der Waals surface area contributed by atoms with Crippen LogP contribution in [0.1, 0.15) is 22.3 Å². The van der Waals surface area contributed by atoms with Gasteiger partial charge >= 0.3 is 0 Å². The van der Waals surface area contributed by atoms with E-state index in [1.165, 1.54) is 0 Å². The Morgan fingerprint density at radius 2 is 2.32 bits per heavy atom. The number of aromatic nitrogens is 2. The van der Waals surface area contributed by atoms with Crippen LogP contribution in [0.2, 0.25) is 0 Å². The number of pyridine rings is 2. The molecule has 1 atom stereocenters. The summed E-state index contributed by atoms with van der Waals surface area (Å²) in [5.41, 5.74) is 2.02. The Morgan fingerprint density at radius 1 is 1.41 bits per heavy atom. The van der Waals surface area contributed by atoms with Gasteiger partial charge in [0.05, 0.1) is 25.1 Å². The van der Waals surface area contributed by atoms with Gasteiger partial charge in [0, 0.05) is 18.8 Å². The Labute approximate surface area is 128 Å². The second-order valence-corrected chi connectivity index (χ2v) is 5.10. The topological polar surface area (TPSA) is 73.3 Å². The van der Waals surface area contributed by atoms with Crippen LogP contribution in [0.25, 0.3) is 0 Å². The highest BCUT2D eigenvalue weighted by Gasteiger charge is 2.21. The van der Waals surface area contributed by atoms with Crippen molar-refractivity contribution < 1.29 is 14.3 Å². The average molecular weight is 299 g/mol. The predicted molar refractivity (Wildman–Crippen MR) is 81.0 cm³/mol. The number of nitrogens with one attached hydrogen (secondary N) is 1. The zero-order valence-corrected chi connectivity index (χ0v) is 12.3. The van der Waals surface area contributed by atoms with Gasteiger partial charge in [0.2, 0.25) is 5.88 Å². The van der Waals surface area contributed by atoms with Crippen LogP contribution >= 0.6 is 0 Å². The minimum atomic E-state index is -0.266. The number of hydrogen-bond acceptors (Lipinski definition) is 5. The molecule has 0 aliphatic carbocycles. The van der Waals surface area contributed by atoms with Gasteiger partial charge in [-0.25, -0.2) is 4.98 Å². The van der Waals surface area contributed by atoms with Crippen LogP contribution in [-0.4, -0.2) is 35.2 Å². The van der Waals surface area contributed by atoms with Crippen molar-refractivity contribution in [3.8, 4) is 5.88 Å². The number of aryl methyl sites for hydroxylation is 1. The number of nitrogens with zero attached hydrogens (tertiary/aromatic N) is 2. The highest BCUT2D eigenvalue weighted by atomic mass is 16.5. The van der Waals surface area contributed by atoms with Gasteiger partial charge in [-0.3, -0.25) is 9.78 Å². The molecule has 1 N–H and O–H groups in total. The molecule has 114 valence electrons. The van der Waals surface area contributed by atoms with Gasteiger partial charge < -0.3 is 14.8 Å². The molecule has 0 radical (unpaired) electrons. The van der Waals surface area contributed by atoms with E-state index >= 15 is 0 Å². The van der Waals surface area contributed by atoms with E-state index in [2.05, 4.69) is 15.3 Å². The molecule has 0 spiro atoms. The van der Waals surface area contributed by atoms with Crippen molar-refractivity contribution in [2.45, 2.75) is 19.4 Å². The Bertz CT molecular complexity index is 669. The quantitative estimate of drug-likeness (QED) is 0.937. The molecule has 6 heteroatoms. The lowest BCUT2D eigenvalue weighted by atomic mass is 10.2. The lowest BCUT2D eigenvalue weighted by molar-refractivity contribution is 0.101. The van der Waals surface area contributed by atoms with Gasteiger partial charge in [0.1, 0.15) is 11.7 Å². The van der Waals surface area contributed by atoms with Crippen molar-refractivity contribution in [2.24, 2.45) is 0 Å². The minimum Gasteiger partial charge on any atom is -0.471 e. The van der Waals surface area contributed by atoms with E-state index in [9.17, 15) is 4.79 Å². The summed E-state index contributed by atoms with van der Waals surface area (Å²) in [6.07, 6.45) is 5.66. The number of carbonyl (C=O) groups excluding carboxylic acids is 1. The van der Waals surface area contributed by atoms with Crippen LogP contribution < -0.4 is 10.1 Å². The molecule has 0 bridgehead atoms. The Morgan fingerprint density at radius 3 is 3.09 bits per heavy atom. The maximum absolute atomic E-state index is 12.5. The van der Waals surface area contributed by atoms with Gasteiger partial charge in [-0.05, 0) is 30.7 Å². The summed E-state index contributed by atoms with van der Waals surface area (Å²) in [5.74, 6) is 0.0650. The number of anilines is 1. The third kappa shape index (κ3) is 3.23. The van der Waals surface area contributed by atoms with E-state index in [1.807, 2.05) is 13.0 Å². The van der Waals surface area contributed by atoms with Crippen molar-refractivity contribution >= 4 is 11.6 Å². The van der Waals surface area contributed by atoms with Crippen molar-refractivity contribution in [3.63, 3.8) is 0 Å². The highest BCUT2D eigenvalue weighted by molar-refractivity contribution is 6.06. The summed E-state index contributed by atoms with van der Waals surface area (Å²) in [5, 5.41) is 2.84. The van der Waals surface area contributed by atoms with E-state index in [1.54, 1.807) is 30.7 Å². The molecule has 1 aliphatic heterocycles. The summed E-state index contributed by atoms with van der Waals surface area (Å²) in [7, 11) is 0. The predicted octanol–water partition coefficient (Wildman–Crippen LogP) is 2.21. The highest BCUT2D eigenvalue weighted by Crippen LogP contribution is 2.21. The smallest absolute Gasteiger partial charge is 0.261 e. The fourth-order valence-corrected chi connectivity index (χ4v) is 2.21. The molecular weight excluding hydrogens is 282 g/mol. The lowest BCUT2D eigenvalue weighted by Crippen LogP contribution is -2.20. The second kappa shape index (κ2) is 6.53. The van der Waals surface area contributed by atoms with Crippen molar-refractivity contribution in [1.82, 2.24) is 9.97 Å². The first-order valence-corrected chi connectivity index (χ1v) is 7.15. The molecule has 0 unspecified atom stereocenters. The van der Waals surface area contributed by atoms with Gasteiger partial charge in [0.15, 0.2) is 0 Å². The first-order valence-electron chi connectivity index (χ1n) is 7.15. The molecule has 22 heavy (non-hydrogen) atoms. The Hall–Kier alpha value is -2.47. The van der Waals surface area contributed by atoms with Gasteiger partial charge in [-0.1, -0.05) is 0 Å². The number of rotatable bonds is 4. The Kier molecular flexibility index (Phi) is 4.29. The van der Waals surface area contributed by atoms with Crippen LogP contribution in [0.3, 0.4) is 0 Å². The molecule has 1 saturated heterocycles. The van der Waals surface area contributed by atoms with Crippen LogP contribution in [0.5, 0.6) is 5.88 Å². The molecule has 1 amide bonds. The SMILES string of the molecule is Cc1ccncc1NC(=O)c1cccnc1O[C@@H]1CCOC1. The molecule has 1 aliphatic rings. The molecule has 2 aromatic heterocycles. The largest absolute Gasteiger partial charge is 0.471 e. The first-order chi connectivity index (χ1) is 10.7. The van der Waals surface area contributed by atoms with Gasteiger partial charge in [-0.15, -0.1) is 0 Å². The van der Waals surface area contributed by atoms with E-state index in [4.69, 9.17) is 9.47 Å². The minimum absolute atomic E-state index is 0.0541. The molecule has 0 aromatic carbocycles. The molecule has 1 fully saturated rings. The summed E-state index contributed by atoms with van der Waals surface area (Å²) >= 11 is 0. The van der Waals surface area contributed by atoms with Crippen LogP contribution in [0, 0.1) is 6.92 Å². The van der Waals surface area contributed by atoms with Crippen molar-refractivity contribution in [3.05, 3.63) is 47.9 Å². The molecular formula is C16H17N3O3.